The molecule has 1 heterocycles. The predicted octanol–water partition coefficient (Wildman–Crippen LogP) is 3.64. The van der Waals surface area contributed by atoms with Gasteiger partial charge in [0.15, 0.2) is 5.96 Å². The second-order valence-corrected chi connectivity index (χ2v) is 7.67. The SMILES string of the molecule is CN=C(NCCOCCC(C)C)NCc1ccccc1CN(C)Cc1ccco1. The second-order valence-electron chi connectivity index (χ2n) is 7.67. The minimum absolute atomic E-state index is 0.676. The standard InChI is InChI=1S/C23H36N4O2/c1-19(2)11-14-28-15-12-25-23(24-3)26-16-20-8-5-6-9-21(20)17-27(4)18-22-10-7-13-29-22/h5-10,13,19H,11-12,14-18H2,1-4H3,(H2,24,25,26). The van der Waals surface area contributed by atoms with Crippen molar-refractivity contribution in [1.82, 2.24) is 15.5 Å². The summed E-state index contributed by atoms with van der Waals surface area (Å²) in [6.07, 6.45) is 2.81. The molecule has 6 heteroatoms. The van der Waals surface area contributed by atoms with Gasteiger partial charge in [0.05, 0.1) is 19.4 Å². The third kappa shape index (κ3) is 9.15. The Hall–Kier alpha value is -2.31. The summed E-state index contributed by atoms with van der Waals surface area (Å²) in [4.78, 5) is 6.55. The van der Waals surface area contributed by atoms with E-state index in [1.807, 2.05) is 12.1 Å². The molecule has 0 spiro atoms. The van der Waals surface area contributed by atoms with Gasteiger partial charge in [-0.25, -0.2) is 0 Å². The van der Waals surface area contributed by atoms with Crippen LogP contribution in [0.4, 0.5) is 0 Å². The third-order valence-corrected chi connectivity index (χ3v) is 4.61. The zero-order valence-electron chi connectivity index (χ0n) is 18.3. The minimum atomic E-state index is 0.676. The van der Waals surface area contributed by atoms with Gasteiger partial charge in [-0.1, -0.05) is 38.1 Å². The highest BCUT2D eigenvalue weighted by Crippen LogP contribution is 2.13. The zero-order chi connectivity index (χ0) is 20.9. The van der Waals surface area contributed by atoms with E-state index in [-0.39, 0.29) is 0 Å². The predicted molar refractivity (Wildman–Crippen MR) is 119 cm³/mol. The molecule has 2 rings (SSSR count). The molecule has 0 amide bonds. The first-order valence-electron chi connectivity index (χ1n) is 10.4. The van der Waals surface area contributed by atoms with Crippen LogP contribution in [-0.2, 0) is 24.4 Å². The summed E-state index contributed by atoms with van der Waals surface area (Å²) in [6, 6.07) is 12.4. The molecule has 0 bridgehead atoms. The summed E-state index contributed by atoms with van der Waals surface area (Å²) in [6.45, 7) is 9.01. The van der Waals surface area contributed by atoms with Crippen molar-refractivity contribution in [3.05, 3.63) is 59.5 Å². The fourth-order valence-corrected chi connectivity index (χ4v) is 2.96. The highest BCUT2D eigenvalue weighted by molar-refractivity contribution is 5.79. The van der Waals surface area contributed by atoms with Crippen LogP contribution < -0.4 is 10.6 Å². The Bertz CT molecular complexity index is 713. The highest BCUT2D eigenvalue weighted by Gasteiger charge is 2.08. The molecule has 160 valence electrons. The summed E-state index contributed by atoms with van der Waals surface area (Å²) in [5.41, 5.74) is 2.55. The molecule has 1 aromatic carbocycles. The topological polar surface area (TPSA) is 62.0 Å². The van der Waals surface area contributed by atoms with Gasteiger partial charge in [0, 0.05) is 33.3 Å². The molecular weight excluding hydrogens is 364 g/mol. The van der Waals surface area contributed by atoms with Crippen molar-refractivity contribution in [2.75, 3.05) is 33.9 Å². The van der Waals surface area contributed by atoms with Crippen molar-refractivity contribution in [3.63, 3.8) is 0 Å². The normalized spacial score (nSPS) is 12.0. The molecule has 0 aliphatic carbocycles. The van der Waals surface area contributed by atoms with E-state index in [4.69, 9.17) is 9.15 Å². The summed E-state index contributed by atoms with van der Waals surface area (Å²) in [5, 5.41) is 6.71. The lowest BCUT2D eigenvalue weighted by Gasteiger charge is -2.19. The molecule has 29 heavy (non-hydrogen) atoms. The zero-order valence-corrected chi connectivity index (χ0v) is 18.3. The molecule has 1 aromatic heterocycles. The third-order valence-electron chi connectivity index (χ3n) is 4.61. The Kier molecular flexibility index (Phi) is 10.3. The van der Waals surface area contributed by atoms with Crippen LogP contribution in [-0.4, -0.2) is 44.7 Å². The molecule has 0 aliphatic heterocycles. The quantitative estimate of drug-likeness (QED) is 0.324. The number of guanidine groups is 1. The maximum absolute atomic E-state index is 5.65. The lowest BCUT2D eigenvalue weighted by atomic mass is 10.1. The maximum Gasteiger partial charge on any atom is 0.191 e. The Balaban J connectivity index is 1.77. The van der Waals surface area contributed by atoms with Crippen LogP contribution in [0.15, 0.2) is 52.1 Å². The number of furan rings is 1. The highest BCUT2D eigenvalue weighted by atomic mass is 16.5. The van der Waals surface area contributed by atoms with E-state index >= 15 is 0 Å². The van der Waals surface area contributed by atoms with Gasteiger partial charge in [-0.2, -0.15) is 0 Å². The molecule has 0 saturated carbocycles. The number of hydrogen-bond donors (Lipinski definition) is 2. The Morgan fingerprint density at radius 3 is 2.55 bits per heavy atom. The molecule has 2 N–H and O–H groups in total. The van der Waals surface area contributed by atoms with Crippen LogP contribution in [0.2, 0.25) is 0 Å². The number of rotatable bonds is 12. The minimum Gasteiger partial charge on any atom is -0.468 e. The van der Waals surface area contributed by atoms with Gasteiger partial charge < -0.3 is 19.8 Å². The first kappa shape index (κ1) is 23.0. The van der Waals surface area contributed by atoms with Crippen molar-refractivity contribution in [2.45, 2.75) is 39.9 Å². The van der Waals surface area contributed by atoms with Crippen LogP contribution in [0, 0.1) is 5.92 Å². The Labute approximate surface area is 175 Å². The molecule has 2 aromatic rings. The van der Waals surface area contributed by atoms with Crippen molar-refractivity contribution in [2.24, 2.45) is 10.9 Å². The van der Waals surface area contributed by atoms with E-state index in [1.165, 1.54) is 11.1 Å². The van der Waals surface area contributed by atoms with Gasteiger partial charge in [0.1, 0.15) is 5.76 Å². The molecule has 0 saturated heterocycles. The van der Waals surface area contributed by atoms with Gasteiger partial charge >= 0.3 is 0 Å². The van der Waals surface area contributed by atoms with Crippen molar-refractivity contribution in [1.29, 1.82) is 0 Å². The molecule has 6 nitrogen and oxygen atoms in total. The fourth-order valence-electron chi connectivity index (χ4n) is 2.96. The second kappa shape index (κ2) is 13.0. The molecule has 0 aliphatic rings. The summed E-state index contributed by atoms with van der Waals surface area (Å²) < 4.78 is 11.1. The van der Waals surface area contributed by atoms with Gasteiger partial charge in [0.25, 0.3) is 0 Å². The summed E-state index contributed by atoms with van der Waals surface area (Å²) in [7, 11) is 3.89. The molecule has 0 unspecified atom stereocenters. The van der Waals surface area contributed by atoms with E-state index in [9.17, 15) is 0 Å². The maximum atomic E-state index is 5.65. The smallest absolute Gasteiger partial charge is 0.191 e. The van der Waals surface area contributed by atoms with Crippen LogP contribution in [0.1, 0.15) is 37.2 Å². The monoisotopic (exact) mass is 400 g/mol. The first-order valence-corrected chi connectivity index (χ1v) is 10.4. The van der Waals surface area contributed by atoms with Crippen molar-refractivity contribution >= 4 is 5.96 Å². The van der Waals surface area contributed by atoms with Gasteiger partial charge in [0.2, 0.25) is 0 Å². The first-order chi connectivity index (χ1) is 14.1. The lowest BCUT2D eigenvalue weighted by molar-refractivity contribution is 0.128. The van der Waals surface area contributed by atoms with Crippen LogP contribution in [0.3, 0.4) is 0 Å². The largest absolute Gasteiger partial charge is 0.468 e. The fraction of sp³-hybridized carbons (Fsp3) is 0.522. The average Bonchev–Trinajstić information content (AvgIpc) is 3.20. The molecule has 0 radical (unpaired) electrons. The van der Waals surface area contributed by atoms with Gasteiger partial charge in [-0.15, -0.1) is 0 Å². The van der Waals surface area contributed by atoms with Crippen molar-refractivity contribution in [3.8, 4) is 0 Å². The van der Waals surface area contributed by atoms with E-state index in [2.05, 4.69) is 65.7 Å². The number of nitrogens with one attached hydrogen (secondary N) is 2. The number of ether oxygens (including phenoxy) is 1. The van der Waals surface area contributed by atoms with E-state index < -0.39 is 0 Å². The number of benzene rings is 1. The van der Waals surface area contributed by atoms with Gasteiger partial charge in [-0.3, -0.25) is 9.89 Å². The molecular formula is C23H36N4O2. The van der Waals surface area contributed by atoms with Crippen LogP contribution >= 0.6 is 0 Å². The van der Waals surface area contributed by atoms with E-state index in [0.29, 0.717) is 12.5 Å². The number of hydrogen-bond acceptors (Lipinski definition) is 4. The lowest BCUT2D eigenvalue weighted by Crippen LogP contribution is -2.38. The summed E-state index contributed by atoms with van der Waals surface area (Å²) >= 11 is 0. The molecule has 0 atom stereocenters. The number of aliphatic imine (C=N–C) groups is 1. The van der Waals surface area contributed by atoms with Crippen molar-refractivity contribution < 1.29 is 9.15 Å². The average molecular weight is 401 g/mol. The van der Waals surface area contributed by atoms with E-state index in [1.54, 1.807) is 13.3 Å². The molecule has 0 fully saturated rings. The van der Waals surface area contributed by atoms with Crippen LogP contribution in [0.5, 0.6) is 0 Å². The number of nitrogens with zero attached hydrogens (tertiary/aromatic N) is 2. The van der Waals surface area contributed by atoms with Crippen LogP contribution in [0.25, 0.3) is 0 Å². The van der Waals surface area contributed by atoms with Gasteiger partial charge in [-0.05, 0) is 42.6 Å². The van der Waals surface area contributed by atoms with E-state index in [0.717, 1.165) is 50.9 Å². The Morgan fingerprint density at radius 2 is 1.86 bits per heavy atom. The summed E-state index contributed by atoms with van der Waals surface area (Å²) in [5.74, 6) is 2.44. The Morgan fingerprint density at radius 1 is 1.07 bits per heavy atom.